The van der Waals surface area contributed by atoms with E-state index in [4.69, 9.17) is 4.42 Å². The fraction of sp³-hybridized carbons (Fsp3) is 0.111. The second-order valence-electron chi connectivity index (χ2n) is 5.31. The normalized spacial score (nSPS) is 11.5. The minimum atomic E-state index is -0.412. The SMILES string of the molecule is N#C/C(=C/c1cc(Br)c(I)o1)C(=O)NCCc1c[nH]c2ccccc12. The van der Waals surface area contributed by atoms with Crippen LogP contribution in [0.1, 0.15) is 11.3 Å². The summed E-state index contributed by atoms with van der Waals surface area (Å²) in [5, 5.41) is 13.1. The van der Waals surface area contributed by atoms with Gasteiger partial charge in [-0.3, -0.25) is 4.79 Å². The molecule has 0 spiro atoms. The molecule has 3 aromatic rings. The molecule has 0 aliphatic heterocycles. The summed E-state index contributed by atoms with van der Waals surface area (Å²) >= 11 is 5.36. The lowest BCUT2D eigenvalue weighted by Gasteiger charge is -2.03. The number of aromatic nitrogens is 1. The molecule has 0 atom stereocenters. The molecule has 3 rings (SSSR count). The quantitative estimate of drug-likeness (QED) is 0.304. The zero-order valence-corrected chi connectivity index (χ0v) is 16.7. The summed E-state index contributed by atoms with van der Waals surface area (Å²) in [5.74, 6) is 0.0458. The Morgan fingerprint density at radius 2 is 2.24 bits per heavy atom. The maximum absolute atomic E-state index is 12.2. The minimum Gasteiger partial charge on any atom is -0.450 e. The number of amides is 1. The Morgan fingerprint density at radius 3 is 2.96 bits per heavy atom. The standard InChI is InChI=1S/C18H13BrIN3O2/c19-15-8-13(25-17(15)20)7-12(9-21)18(24)22-6-5-11-10-23-16-4-2-1-3-14(11)16/h1-4,7-8,10,23H,5-6H2,(H,22,24)/b12-7-. The van der Waals surface area contributed by atoms with Gasteiger partial charge in [-0.1, -0.05) is 18.2 Å². The van der Waals surface area contributed by atoms with Gasteiger partial charge in [0.15, 0.2) is 3.77 Å². The molecular weight excluding hydrogens is 497 g/mol. The monoisotopic (exact) mass is 509 g/mol. The number of aromatic amines is 1. The van der Waals surface area contributed by atoms with Crippen molar-refractivity contribution < 1.29 is 9.21 Å². The van der Waals surface area contributed by atoms with Gasteiger partial charge in [0.05, 0.1) is 4.47 Å². The molecule has 126 valence electrons. The Hall–Kier alpha value is -2.05. The zero-order valence-electron chi connectivity index (χ0n) is 13.0. The number of rotatable bonds is 5. The highest BCUT2D eigenvalue weighted by molar-refractivity contribution is 14.1. The van der Waals surface area contributed by atoms with Crippen LogP contribution >= 0.6 is 38.5 Å². The number of hydrogen-bond donors (Lipinski definition) is 2. The average molecular weight is 510 g/mol. The number of furan rings is 1. The lowest BCUT2D eigenvalue weighted by molar-refractivity contribution is -0.117. The summed E-state index contributed by atoms with van der Waals surface area (Å²) < 4.78 is 6.89. The van der Waals surface area contributed by atoms with Crippen molar-refractivity contribution in [3.05, 3.63) is 61.7 Å². The fourth-order valence-electron chi connectivity index (χ4n) is 2.47. The molecular formula is C18H13BrIN3O2. The van der Waals surface area contributed by atoms with E-state index in [2.05, 4.69) is 26.2 Å². The second-order valence-corrected chi connectivity index (χ2v) is 7.14. The number of carbonyl (C=O) groups excluding carboxylic acids is 1. The van der Waals surface area contributed by atoms with Crippen LogP contribution in [0, 0.1) is 15.1 Å². The van der Waals surface area contributed by atoms with Crippen LogP contribution in [0.15, 0.2) is 51.0 Å². The number of nitriles is 1. The van der Waals surface area contributed by atoms with Crippen LogP contribution < -0.4 is 5.32 Å². The van der Waals surface area contributed by atoms with E-state index in [9.17, 15) is 10.1 Å². The van der Waals surface area contributed by atoms with E-state index < -0.39 is 5.91 Å². The van der Waals surface area contributed by atoms with Crippen LogP contribution in [0.3, 0.4) is 0 Å². The molecule has 0 saturated carbocycles. The predicted molar refractivity (Wildman–Crippen MR) is 108 cm³/mol. The van der Waals surface area contributed by atoms with Gasteiger partial charge in [-0.2, -0.15) is 5.26 Å². The molecule has 2 aromatic heterocycles. The number of benzene rings is 1. The first-order chi connectivity index (χ1) is 12.1. The van der Waals surface area contributed by atoms with Gasteiger partial charge in [-0.05, 0) is 40.0 Å². The lowest BCUT2D eigenvalue weighted by Crippen LogP contribution is -2.26. The summed E-state index contributed by atoms with van der Waals surface area (Å²) in [5.41, 5.74) is 2.21. The molecule has 0 fully saturated rings. The maximum Gasteiger partial charge on any atom is 0.262 e. The number of H-pyrrole nitrogens is 1. The van der Waals surface area contributed by atoms with E-state index >= 15 is 0 Å². The van der Waals surface area contributed by atoms with Crippen LogP contribution in [0.25, 0.3) is 17.0 Å². The van der Waals surface area contributed by atoms with E-state index in [1.54, 1.807) is 6.07 Å². The summed E-state index contributed by atoms with van der Waals surface area (Å²) in [4.78, 5) is 15.4. The van der Waals surface area contributed by atoms with Crippen LogP contribution in [-0.2, 0) is 11.2 Å². The average Bonchev–Trinajstić information content (AvgIpc) is 3.16. The van der Waals surface area contributed by atoms with Crippen LogP contribution in [-0.4, -0.2) is 17.4 Å². The van der Waals surface area contributed by atoms with E-state index in [-0.39, 0.29) is 5.57 Å². The number of fused-ring (bicyclic) bond motifs is 1. The summed E-state index contributed by atoms with van der Waals surface area (Å²) in [6.07, 6.45) is 4.06. The van der Waals surface area contributed by atoms with Gasteiger partial charge >= 0.3 is 0 Å². The van der Waals surface area contributed by atoms with E-state index in [0.717, 1.165) is 20.9 Å². The molecule has 0 aliphatic carbocycles. The predicted octanol–water partition coefficient (Wildman–Crippen LogP) is 4.39. The Labute approximate surface area is 166 Å². The maximum atomic E-state index is 12.2. The topological polar surface area (TPSA) is 81.8 Å². The van der Waals surface area contributed by atoms with Gasteiger partial charge in [-0.15, -0.1) is 0 Å². The second kappa shape index (κ2) is 7.89. The Balaban J connectivity index is 1.64. The first kappa shape index (κ1) is 17.8. The lowest BCUT2D eigenvalue weighted by atomic mass is 10.1. The smallest absolute Gasteiger partial charge is 0.262 e. The highest BCUT2D eigenvalue weighted by Crippen LogP contribution is 2.24. The minimum absolute atomic E-state index is 0.0107. The molecule has 7 heteroatoms. The van der Waals surface area contributed by atoms with Gasteiger partial charge in [0, 0.05) is 52.3 Å². The highest BCUT2D eigenvalue weighted by atomic mass is 127. The molecule has 2 N–H and O–H groups in total. The largest absolute Gasteiger partial charge is 0.450 e. The van der Waals surface area contributed by atoms with Gasteiger partial charge in [0.2, 0.25) is 0 Å². The molecule has 0 unspecified atom stereocenters. The Morgan fingerprint density at radius 1 is 1.44 bits per heavy atom. The molecule has 1 aromatic carbocycles. The molecule has 0 radical (unpaired) electrons. The van der Waals surface area contributed by atoms with Crippen molar-refractivity contribution in [2.75, 3.05) is 6.54 Å². The van der Waals surface area contributed by atoms with Crippen molar-refractivity contribution in [3.63, 3.8) is 0 Å². The van der Waals surface area contributed by atoms with Crippen molar-refractivity contribution in [1.82, 2.24) is 10.3 Å². The summed E-state index contributed by atoms with van der Waals surface area (Å²) in [6.45, 7) is 0.444. The molecule has 1 amide bonds. The number of halogens is 2. The number of nitrogens with zero attached hydrogens (tertiary/aromatic N) is 1. The molecule has 5 nitrogen and oxygen atoms in total. The number of nitrogens with one attached hydrogen (secondary N) is 2. The highest BCUT2D eigenvalue weighted by Gasteiger charge is 2.12. The van der Waals surface area contributed by atoms with Crippen molar-refractivity contribution in [2.24, 2.45) is 0 Å². The Kier molecular flexibility index (Phi) is 5.60. The van der Waals surface area contributed by atoms with Gasteiger partial charge in [0.1, 0.15) is 17.4 Å². The van der Waals surface area contributed by atoms with E-state index in [1.165, 1.54) is 6.08 Å². The molecule has 25 heavy (non-hydrogen) atoms. The van der Waals surface area contributed by atoms with Crippen molar-refractivity contribution in [3.8, 4) is 6.07 Å². The summed E-state index contributed by atoms with van der Waals surface area (Å²) in [7, 11) is 0. The third-order valence-electron chi connectivity index (χ3n) is 3.67. The van der Waals surface area contributed by atoms with Gasteiger partial charge < -0.3 is 14.7 Å². The van der Waals surface area contributed by atoms with Crippen molar-refractivity contribution in [1.29, 1.82) is 5.26 Å². The van der Waals surface area contributed by atoms with Crippen LogP contribution in [0.2, 0.25) is 0 Å². The van der Waals surface area contributed by atoms with E-state index in [1.807, 2.05) is 59.1 Å². The van der Waals surface area contributed by atoms with Gasteiger partial charge in [-0.25, -0.2) is 0 Å². The zero-order chi connectivity index (χ0) is 17.8. The molecule has 0 bridgehead atoms. The number of para-hydroxylation sites is 1. The fourth-order valence-corrected chi connectivity index (χ4v) is 3.19. The molecule has 0 aliphatic rings. The van der Waals surface area contributed by atoms with Crippen LogP contribution in [0.5, 0.6) is 0 Å². The van der Waals surface area contributed by atoms with Crippen LogP contribution in [0.4, 0.5) is 0 Å². The molecule has 0 saturated heterocycles. The molecule has 2 heterocycles. The Bertz CT molecular complexity index is 978. The summed E-state index contributed by atoms with van der Waals surface area (Å²) in [6, 6.07) is 11.6. The van der Waals surface area contributed by atoms with Crippen molar-refractivity contribution in [2.45, 2.75) is 6.42 Å². The number of carbonyl (C=O) groups is 1. The number of hydrogen-bond acceptors (Lipinski definition) is 3. The first-order valence-corrected chi connectivity index (χ1v) is 9.35. The van der Waals surface area contributed by atoms with Crippen molar-refractivity contribution >= 4 is 61.4 Å². The first-order valence-electron chi connectivity index (χ1n) is 7.48. The van der Waals surface area contributed by atoms with Gasteiger partial charge in [0.25, 0.3) is 5.91 Å². The third kappa shape index (κ3) is 4.14. The van der Waals surface area contributed by atoms with E-state index in [0.29, 0.717) is 22.5 Å². The third-order valence-corrected chi connectivity index (χ3v) is 5.80.